The Hall–Kier alpha value is -2.15. The molecule has 1 amide bonds. The largest absolute Gasteiger partial charge is 0.456 e. The van der Waals surface area contributed by atoms with E-state index in [0.29, 0.717) is 42.6 Å². The van der Waals surface area contributed by atoms with Gasteiger partial charge in [0.2, 0.25) is 5.89 Å². The molecule has 0 bridgehead atoms. The molecule has 1 unspecified atom stereocenters. The maximum Gasteiger partial charge on any atom is 0.289 e. The van der Waals surface area contributed by atoms with Gasteiger partial charge in [0.25, 0.3) is 5.91 Å². The van der Waals surface area contributed by atoms with Crippen LogP contribution in [0.25, 0.3) is 0 Å². The van der Waals surface area contributed by atoms with Crippen molar-refractivity contribution in [1.82, 2.24) is 15.0 Å². The van der Waals surface area contributed by atoms with Gasteiger partial charge >= 0.3 is 0 Å². The van der Waals surface area contributed by atoms with Crippen molar-refractivity contribution in [3.8, 4) is 0 Å². The van der Waals surface area contributed by atoms with Crippen LogP contribution in [0.2, 0.25) is 0 Å². The molecule has 1 saturated heterocycles. The number of hydrogen-bond acceptors (Lipinski definition) is 6. The molecule has 124 valence electrons. The van der Waals surface area contributed by atoms with Crippen LogP contribution in [0.15, 0.2) is 15.0 Å². The van der Waals surface area contributed by atoms with Gasteiger partial charge in [-0.05, 0) is 39.7 Å². The van der Waals surface area contributed by atoms with E-state index in [4.69, 9.17) is 8.94 Å². The summed E-state index contributed by atoms with van der Waals surface area (Å²) in [6, 6.07) is 1.84. The van der Waals surface area contributed by atoms with Gasteiger partial charge in [-0.3, -0.25) is 4.79 Å². The molecule has 7 nitrogen and oxygen atoms in total. The topological polar surface area (TPSA) is 92.6 Å². The first kappa shape index (κ1) is 15.7. The minimum absolute atomic E-state index is 0.185. The Balaban J connectivity index is 1.74. The standard InChI is InChI=1S/C16H21N3O4/c1-10-7-11(2)22-14(10)15(20)19-6-4-5-16(21,9-19)8-13-17-12(3)18-23-13/h7,21H,4-6,8-9H2,1-3H3. The van der Waals surface area contributed by atoms with Crippen LogP contribution in [0, 0.1) is 20.8 Å². The molecule has 3 heterocycles. The van der Waals surface area contributed by atoms with E-state index in [9.17, 15) is 9.90 Å². The van der Waals surface area contributed by atoms with E-state index in [2.05, 4.69) is 10.1 Å². The number of aryl methyl sites for hydroxylation is 3. The predicted octanol–water partition coefficient (Wildman–Crippen LogP) is 1.80. The Morgan fingerprint density at radius 3 is 2.83 bits per heavy atom. The summed E-state index contributed by atoms with van der Waals surface area (Å²) in [4.78, 5) is 18.4. The fraction of sp³-hybridized carbons (Fsp3) is 0.562. The molecule has 1 aliphatic heterocycles. The number of β-amino-alcohol motifs (C(OH)–C–C–N with tert-alkyl or cyclic N) is 1. The summed E-state index contributed by atoms with van der Waals surface area (Å²) in [5, 5.41) is 14.6. The number of carbonyl (C=O) groups excluding carboxylic acids is 1. The molecule has 0 aromatic carbocycles. The van der Waals surface area contributed by atoms with Gasteiger partial charge in [0.1, 0.15) is 5.76 Å². The summed E-state index contributed by atoms with van der Waals surface area (Å²) < 4.78 is 10.6. The van der Waals surface area contributed by atoms with E-state index in [1.807, 2.05) is 19.9 Å². The average Bonchev–Trinajstić information content (AvgIpc) is 3.03. The summed E-state index contributed by atoms with van der Waals surface area (Å²) >= 11 is 0. The molecule has 7 heteroatoms. The van der Waals surface area contributed by atoms with Gasteiger partial charge in [0.15, 0.2) is 11.6 Å². The number of piperidine rings is 1. The molecule has 0 radical (unpaired) electrons. The van der Waals surface area contributed by atoms with Crippen molar-refractivity contribution in [1.29, 1.82) is 0 Å². The van der Waals surface area contributed by atoms with E-state index in [0.717, 1.165) is 5.56 Å². The fourth-order valence-electron chi connectivity index (χ4n) is 3.12. The Labute approximate surface area is 134 Å². The van der Waals surface area contributed by atoms with Crippen molar-refractivity contribution >= 4 is 5.91 Å². The molecule has 1 fully saturated rings. The molecule has 0 aliphatic carbocycles. The third kappa shape index (κ3) is 3.29. The molecule has 1 N–H and O–H groups in total. The molecule has 0 spiro atoms. The summed E-state index contributed by atoms with van der Waals surface area (Å²) in [5.74, 6) is 1.80. The third-order valence-corrected chi connectivity index (χ3v) is 4.13. The quantitative estimate of drug-likeness (QED) is 0.927. The highest BCUT2D eigenvalue weighted by atomic mass is 16.5. The van der Waals surface area contributed by atoms with Crippen LogP contribution in [0.4, 0.5) is 0 Å². The lowest BCUT2D eigenvalue weighted by atomic mass is 9.89. The first-order valence-electron chi connectivity index (χ1n) is 7.74. The second kappa shape index (κ2) is 5.81. The Kier molecular flexibility index (Phi) is 3.97. The Bertz CT molecular complexity index is 721. The average molecular weight is 319 g/mol. The fourth-order valence-corrected chi connectivity index (χ4v) is 3.12. The number of likely N-dealkylation sites (tertiary alicyclic amines) is 1. The molecule has 3 rings (SSSR count). The van der Waals surface area contributed by atoms with Gasteiger partial charge in [-0.25, -0.2) is 0 Å². The molecule has 1 aliphatic rings. The van der Waals surface area contributed by atoms with Crippen LogP contribution in [0.1, 0.15) is 46.4 Å². The third-order valence-electron chi connectivity index (χ3n) is 4.13. The van der Waals surface area contributed by atoms with Crippen molar-refractivity contribution in [3.63, 3.8) is 0 Å². The second-order valence-electron chi connectivity index (χ2n) is 6.34. The lowest BCUT2D eigenvalue weighted by Crippen LogP contribution is -2.51. The lowest BCUT2D eigenvalue weighted by molar-refractivity contribution is -0.0294. The summed E-state index contributed by atoms with van der Waals surface area (Å²) in [6.45, 7) is 6.22. The van der Waals surface area contributed by atoms with E-state index in [-0.39, 0.29) is 18.9 Å². The van der Waals surface area contributed by atoms with Crippen LogP contribution in [0.5, 0.6) is 0 Å². The first-order chi connectivity index (χ1) is 10.9. The zero-order chi connectivity index (χ0) is 16.6. The second-order valence-corrected chi connectivity index (χ2v) is 6.34. The smallest absolute Gasteiger partial charge is 0.289 e. The van der Waals surface area contributed by atoms with E-state index in [1.54, 1.807) is 11.8 Å². The van der Waals surface area contributed by atoms with Crippen molar-refractivity contribution in [2.24, 2.45) is 0 Å². The monoisotopic (exact) mass is 319 g/mol. The van der Waals surface area contributed by atoms with Crippen molar-refractivity contribution in [2.75, 3.05) is 13.1 Å². The predicted molar refractivity (Wildman–Crippen MR) is 81.0 cm³/mol. The van der Waals surface area contributed by atoms with Gasteiger partial charge in [-0.15, -0.1) is 0 Å². The molecular weight excluding hydrogens is 298 g/mol. The number of amides is 1. The number of rotatable bonds is 3. The highest BCUT2D eigenvalue weighted by molar-refractivity contribution is 5.93. The SMILES string of the molecule is Cc1noc(CC2(O)CCCN(C(=O)c3oc(C)cc3C)C2)n1. The van der Waals surface area contributed by atoms with Crippen LogP contribution < -0.4 is 0 Å². The zero-order valence-electron chi connectivity index (χ0n) is 13.6. The minimum atomic E-state index is -1.05. The van der Waals surface area contributed by atoms with Crippen LogP contribution in [-0.4, -0.2) is 44.7 Å². The van der Waals surface area contributed by atoms with Gasteiger partial charge in [-0.2, -0.15) is 4.98 Å². The Morgan fingerprint density at radius 1 is 1.43 bits per heavy atom. The van der Waals surface area contributed by atoms with Crippen LogP contribution in [-0.2, 0) is 6.42 Å². The van der Waals surface area contributed by atoms with Crippen molar-refractivity contribution < 1.29 is 18.8 Å². The molecule has 2 aromatic heterocycles. The van der Waals surface area contributed by atoms with Crippen molar-refractivity contribution in [3.05, 3.63) is 34.9 Å². The van der Waals surface area contributed by atoms with Gasteiger partial charge in [0.05, 0.1) is 18.6 Å². The zero-order valence-corrected chi connectivity index (χ0v) is 13.6. The van der Waals surface area contributed by atoms with E-state index < -0.39 is 5.60 Å². The highest BCUT2D eigenvalue weighted by Crippen LogP contribution is 2.27. The van der Waals surface area contributed by atoms with Gasteiger partial charge < -0.3 is 18.9 Å². The molecule has 1 atom stereocenters. The number of furan rings is 1. The highest BCUT2D eigenvalue weighted by Gasteiger charge is 2.38. The van der Waals surface area contributed by atoms with Crippen LogP contribution >= 0.6 is 0 Å². The van der Waals surface area contributed by atoms with E-state index >= 15 is 0 Å². The molecular formula is C16H21N3O4. The first-order valence-corrected chi connectivity index (χ1v) is 7.74. The molecule has 0 saturated carbocycles. The number of carbonyl (C=O) groups is 1. The maximum atomic E-state index is 12.6. The summed E-state index contributed by atoms with van der Waals surface area (Å²) in [7, 11) is 0. The Morgan fingerprint density at radius 2 is 2.22 bits per heavy atom. The number of aromatic nitrogens is 2. The number of hydrogen-bond donors (Lipinski definition) is 1. The minimum Gasteiger partial charge on any atom is -0.456 e. The summed E-state index contributed by atoms with van der Waals surface area (Å²) in [5.41, 5.74) is -0.239. The number of nitrogens with zero attached hydrogens (tertiary/aromatic N) is 3. The van der Waals surface area contributed by atoms with Gasteiger partial charge in [-0.1, -0.05) is 5.16 Å². The molecule has 23 heavy (non-hydrogen) atoms. The van der Waals surface area contributed by atoms with Gasteiger partial charge in [0, 0.05) is 12.1 Å². The normalized spacial score (nSPS) is 21.7. The molecule has 2 aromatic rings. The van der Waals surface area contributed by atoms with Crippen molar-refractivity contribution in [2.45, 2.75) is 45.6 Å². The number of aliphatic hydroxyl groups is 1. The summed E-state index contributed by atoms with van der Waals surface area (Å²) in [6.07, 6.45) is 1.55. The lowest BCUT2D eigenvalue weighted by Gasteiger charge is -2.38. The maximum absolute atomic E-state index is 12.6. The van der Waals surface area contributed by atoms with Crippen LogP contribution in [0.3, 0.4) is 0 Å². The van der Waals surface area contributed by atoms with E-state index in [1.165, 1.54) is 0 Å².